The molecule has 0 spiro atoms. The molecule has 2 unspecified atom stereocenters. The third kappa shape index (κ3) is 4.81. The molecule has 1 aromatic heterocycles. The summed E-state index contributed by atoms with van der Waals surface area (Å²) >= 11 is 0. The Morgan fingerprint density at radius 1 is 1.39 bits per heavy atom. The monoisotopic (exact) mass is 459 g/mol. The molecule has 12 heteroatoms. The summed E-state index contributed by atoms with van der Waals surface area (Å²) in [6, 6.07) is 2.49. The fourth-order valence-corrected chi connectivity index (χ4v) is 6.19. The fourth-order valence-electron chi connectivity index (χ4n) is 4.07. The van der Waals surface area contributed by atoms with Gasteiger partial charge in [0.1, 0.15) is 23.9 Å². The number of aryl methyl sites for hydroxylation is 1. The lowest BCUT2D eigenvalue weighted by molar-refractivity contribution is -0.142. The number of alkyl halides is 3. The highest BCUT2D eigenvalue weighted by Gasteiger charge is 2.50. The van der Waals surface area contributed by atoms with Gasteiger partial charge in [-0.2, -0.15) is 23.5 Å². The molecule has 1 aromatic rings. The second-order valence-electron chi connectivity index (χ2n) is 8.90. The highest BCUT2D eigenvalue weighted by Crippen LogP contribution is 2.38. The van der Waals surface area contributed by atoms with Crippen LogP contribution in [0.4, 0.5) is 19.0 Å². The Bertz CT molecular complexity index is 1020. The van der Waals surface area contributed by atoms with Crippen LogP contribution < -0.4 is 10.2 Å². The highest BCUT2D eigenvalue weighted by molar-refractivity contribution is 7.92. The average molecular weight is 459 g/mol. The standard InChI is InChI=1S/C19H24F3N5O3S/c1-12-6-16(27(25-12)11-19(20,21)22)26-8-14(31(29,30)9-13-2-3-13)7-15(26)17(28)24-18(10-23)4-5-18/h6,13-15H,2-5,7-9,11H2,1H3,(H,24,28). The van der Waals surface area contributed by atoms with Crippen molar-refractivity contribution in [2.75, 3.05) is 17.2 Å². The SMILES string of the molecule is Cc1cc(N2CC(S(=O)(=O)CC3CC3)CC2C(=O)NC2(C#N)CC2)n(CC(F)(F)F)n1. The van der Waals surface area contributed by atoms with Crippen molar-refractivity contribution in [3.05, 3.63) is 11.8 Å². The van der Waals surface area contributed by atoms with Crippen molar-refractivity contribution < 1.29 is 26.4 Å². The lowest BCUT2D eigenvalue weighted by Crippen LogP contribution is -2.48. The van der Waals surface area contributed by atoms with Gasteiger partial charge >= 0.3 is 6.18 Å². The Labute approximate surface area is 178 Å². The molecule has 3 aliphatic rings. The smallest absolute Gasteiger partial charge is 0.343 e. The fraction of sp³-hybridized carbons (Fsp3) is 0.737. The number of amides is 1. The number of sulfone groups is 1. The van der Waals surface area contributed by atoms with Crippen molar-refractivity contribution in [3.8, 4) is 6.07 Å². The van der Waals surface area contributed by atoms with Crippen LogP contribution in [0.25, 0.3) is 0 Å². The van der Waals surface area contributed by atoms with Gasteiger partial charge in [-0.3, -0.25) is 4.79 Å². The van der Waals surface area contributed by atoms with Crippen molar-refractivity contribution in [1.82, 2.24) is 15.1 Å². The lowest BCUT2D eigenvalue weighted by atomic mass is 10.1. The van der Waals surface area contributed by atoms with E-state index < -0.39 is 45.3 Å². The predicted octanol–water partition coefficient (Wildman–Crippen LogP) is 1.70. The van der Waals surface area contributed by atoms with E-state index in [1.54, 1.807) is 0 Å². The number of carbonyl (C=O) groups is 1. The number of nitrogens with zero attached hydrogens (tertiary/aromatic N) is 4. The molecule has 1 N–H and O–H groups in total. The van der Waals surface area contributed by atoms with Crippen LogP contribution in [0.3, 0.4) is 0 Å². The molecule has 31 heavy (non-hydrogen) atoms. The van der Waals surface area contributed by atoms with Gasteiger partial charge in [0, 0.05) is 12.6 Å². The first-order valence-electron chi connectivity index (χ1n) is 10.2. The van der Waals surface area contributed by atoms with Crippen molar-refractivity contribution >= 4 is 21.6 Å². The summed E-state index contributed by atoms with van der Waals surface area (Å²) < 4.78 is 65.8. The van der Waals surface area contributed by atoms with E-state index in [4.69, 9.17) is 0 Å². The molecular formula is C19H24F3N5O3S. The third-order valence-electron chi connectivity index (χ3n) is 6.07. The molecule has 0 aromatic carbocycles. The van der Waals surface area contributed by atoms with Gasteiger partial charge in [0.25, 0.3) is 0 Å². The van der Waals surface area contributed by atoms with E-state index in [1.165, 1.54) is 17.9 Å². The van der Waals surface area contributed by atoms with Gasteiger partial charge in [-0.15, -0.1) is 0 Å². The van der Waals surface area contributed by atoms with Gasteiger partial charge in [-0.25, -0.2) is 13.1 Å². The van der Waals surface area contributed by atoms with Crippen LogP contribution in [0.2, 0.25) is 0 Å². The summed E-state index contributed by atoms with van der Waals surface area (Å²) in [5, 5.41) is 15.0. The zero-order valence-electron chi connectivity index (χ0n) is 17.0. The molecule has 1 saturated heterocycles. The molecule has 0 radical (unpaired) electrons. The molecule has 8 nitrogen and oxygen atoms in total. The van der Waals surface area contributed by atoms with Crippen LogP contribution in [-0.4, -0.2) is 59.4 Å². The Morgan fingerprint density at radius 2 is 2.06 bits per heavy atom. The van der Waals surface area contributed by atoms with Crippen molar-refractivity contribution in [3.63, 3.8) is 0 Å². The first-order valence-corrected chi connectivity index (χ1v) is 12.0. The van der Waals surface area contributed by atoms with Gasteiger partial charge in [0.15, 0.2) is 9.84 Å². The Kier molecular flexibility index (Phi) is 5.23. The van der Waals surface area contributed by atoms with Gasteiger partial charge in [-0.05, 0) is 44.9 Å². The number of anilines is 1. The van der Waals surface area contributed by atoms with Gasteiger partial charge < -0.3 is 10.2 Å². The van der Waals surface area contributed by atoms with Crippen LogP contribution in [0.1, 0.15) is 37.8 Å². The molecule has 2 aliphatic carbocycles. The second kappa shape index (κ2) is 7.39. The largest absolute Gasteiger partial charge is 0.408 e. The van der Waals surface area contributed by atoms with E-state index in [1.807, 2.05) is 6.07 Å². The molecule has 0 bridgehead atoms. The van der Waals surface area contributed by atoms with E-state index in [0.29, 0.717) is 18.5 Å². The molecule has 2 atom stereocenters. The van der Waals surface area contributed by atoms with Crippen molar-refractivity contribution in [1.29, 1.82) is 5.26 Å². The summed E-state index contributed by atoms with van der Waals surface area (Å²) in [4.78, 5) is 14.4. The number of nitrogens with one attached hydrogen (secondary N) is 1. The number of nitriles is 1. The van der Waals surface area contributed by atoms with Crippen molar-refractivity contribution in [2.24, 2.45) is 5.92 Å². The zero-order valence-corrected chi connectivity index (χ0v) is 17.8. The third-order valence-corrected chi connectivity index (χ3v) is 8.36. The number of hydrogen-bond acceptors (Lipinski definition) is 6. The van der Waals surface area contributed by atoms with E-state index in [0.717, 1.165) is 17.5 Å². The molecule has 2 saturated carbocycles. The maximum absolute atomic E-state index is 13.1. The highest BCUT2D eigenvalue weighted by atomic mass is 32.2. The van der Waals surface area contributed by atoms with Crippen LogP contribution in [0, 0.1) is 24.2 Å². The first kappa shape index (κ1) is 21.9. The lowest BCUT2D eigenvalue weighted by Gasteiger charge is -2.27. The average Bonchev–Trinajstić information content (AvgIpc) is 3.53. The van der Waals surface area contributed by atoms with Gasteiger partial charge in [0.2, 0.25) is 5.91 Å². The summed E-state index contributed by atoms with van der Waals surface area (Å²) in [6.45, 7) is 0.107. The number of aromatic nitrogens is 2. The van der Waals surface area contributed by atoms with Gasteiger partial charge in [0.05, 0.1) is 22.8 Å². The number of hydrogen-bond donors (Lipinski definition) is 1. The molecule has 170 valence electrons. The maximum Gasteiger partial charge on any atom is 0.408 e. The zero-order chi connectivity index (χ0) is 22.6. The summed E-state index contributed by atoms with van der Waals surface area (Å²) in [6.07, 6.45) is -1.86. The molecule has 1 aliphatic heterocycles. The maximum atomic E-state index is 13.1. The van der Waals surface area contributed by atoms with Crippen LogP contribution in [0.15, 0.2) is 6.07 Å². The first-order chi connectivity index (χ1) is 14.4. The minimum Gasteiger partial charge on any atom is -0.343 e. The molecule has 4 rings (SSSR count). The van der Waals surface area contributed by atoms with E-state index >= 15 is 0 Å². The molecule has 2 heterocycles. The van der Waals surface area contributed by atoms with Crippen LogP contribution in [-0.2, 0) is 21.2 Å². The van der Waals surface area contributed by atoms with E-state index in [9.17, 15) is 31.6 Å². The summed E-state index contributed by atoms with van der Waals surface area (Å²) in [7, 11) is -3.52. The molecular weight excluding hydrogens is 435 g/mol. The van der Waals surface area contributed by atoms with Crippen LogP contribution in [0.5, 0.6) is 0 Å². The minimum atomic E-state index is -4.53. The topological polar surface area (TPSA) is 108 Å². The van der Waals surface area contributed by atoms with Crippen molar-refractivity contribution in [2.45, 2.75) is 68.6 Å². The minimum absolute atomic E-state index is 0.0291. The van der Waals surface area contributed by atoms with E-state index in [2.05, 4.69) is 10.4 Å². The van der Waals surface area contributed by atoms with E-state index in [-0.39, 0.29) is 30.5 Å². The van der Waals surface area contributed by atoms with Gasteiger partial charge in [-0.1, -0.05) is 0 Å². The molecule has 1 amide bonds. The quantitative estimate of drug-likeness (QED) is 0.665. The summed E-state index contributed by atoms with van der Waals surface area (Å²) in [5.41, 5.74) is -0.631. The number of carbonyl (C=O) groups excluding carboxylic acids is 1. The summed E-state index contributed by atoms with van der Waals surface area (Å²) in [5.74, 6) is -0.331. The number of halogens is 3. The second-order valence-corrected chi connectivity index (χ2v) is 11.2. The Hall–Kier alpha value is -2.29. The Morgan fingerprint density at radius 3 is 2.61 bits per heavy atom. The predicted molar refractivity (Wildman–Crippen MR) is 105 cm³/mol. The molecule has 3 fully saturated rings. The number of rotatable bonds is 7. The van der Waals surface area contributed by atoms with Crippen LogP contribution >= 0.6 is 0 Å². The normalized spacial score (nSPS) is 25.3. The Balaban J connectivity index is 1.64.